The molecule has 0 aromatic heterocycles. The second kappa shape index (κ2) is 4.52. The highest BCUT2D eigenvalue weighted by atomic mass is 16.2. The molecule has 0 aromatic rings. The van der Waals surface area contributed by atoms with E-state index < -0.39 is 0 Å². The Morgan fingerprint density at radius 2 is 2.07 bits per heavy atom. The van der Waals surface area contributed by atoms with Crippen molar-refractivity contribution < 1.29 is 4.79 Å². The van der Waals surface area contributed by atoms with E-state index >= 15 is 0 Å². The van der Waals surface area contributed by atoms with Crippen LogP contribution in [0.1, 0.15) is 39.5 Å². The molecule has 86 valence electrons. The smallest absolute Gasteiger partial charge is 0.227 e. The molecule has 2 aliphatic heterocycles. The Kier molecular flexibility index (Phi) is 3.29. The Labute approximate surface area is 92.2 Å². The van der Waals surface area contributed by atoms with Crippen LogP contribution in [0.3, 0.4) is 0 Å². The van der Waals surface area contributed by atoms with Gasteiger partial charge in [0.1, 0.15) is 0 Å². The third kappa shape index (κ3) is 2.33. The van der Waals surface area contributed by atoms with Crippen molar-refractivity contribution in [2.45, 2.75) is 51.6 Å². The summed E-state index contributed by atoms with van der Waals surface area (Å²) in [4.78, 5) is 14.3. The molecule has 2 rings (SSSR count). The molecule has 3 nitrogen and oxygen atoms in total. The fraction of sp³-hybridized carbons (Fsp3) is 0.917. The maximum atomic E-state index is 12.2. The van der Waals surface area contributed by atoms with Crippen molar-refractivity contribution in [1.82, 2.24) is 10.2 Å². The number of hydrogen-bond acceptors (Lipinski definition) is 2. The summed E-state index contributed by atoms with van der Waals surface area (Å²) in [7, 11) is 0. The maximum absolute atomic E-state index is 12.2. The van der Waals surface area contributed by atoms with Crippen LogP contribution in [-0.4, -0.2) is 36.0 Å². The van der Waals surface area contributed by atoms with Crippen LogP contribution >= 0.6 is 0 Å². The van der Waals surface area contributed by atoms with E-state index in [1.165, 1.54) is 12.8 Å². The Balaban J connectivity index is 1.90. The Hall–Kier alpha value is -0.570. The first-order valence-electron chi connectivity index (χ1n) is 6.22. The van der Waals surface area contributed by atoms with Crippen molar-refractivity contribution in [3.05, 3.63) is 0 Å². The number of likely N-dealkylation sites (tertiary alicyclic amines) is 1. The fourth-order valence-electron chi connectivity index (χ4n) is 2.70. The summed E-state index contributed by atoms with van der Waals surface area (Å²) < 4.78 is 0. The topological polar surface area (TPSA) is 32.3 Å². The summed E-state index contributed by atoms with van der Waals surface area (Å²) in [5, 5.41) is 3.40. The lowest BCUT2D eigenvalue weighted by Gasteiger charge is -2.31. The average molecular weight is 210 g/mol. The second-order valence-electron chi connectivity index (χ2n) is 5.11. The van der Waals surface area contributed by atoms with E-state index in [9.17, 15) is 4.79 Å². The molecule has 2 aliphatic rings. The zero-order valence-electron chi connectivity index (χ0n) is 9.83. The molecule has 0 radical (unpaired) electrons. The van der Waals surface area contributed by atoms with Gasteiger partial charge in [-0.2, -0.15) is 0 Å². The molecule has 0 bridgehead atoms. The van der Waals surface area contributed by atoms with Gasteiger partial charge in [0.15, 0.2) is 0 Å². The predicted molar refractivity (Wildman–Crippen MR) is 60.6 cm³/mol. The molecule has 0 spiro atoms. The largest absolute Gasteiger partial charge is 0.340 e. The minimum atomic E-state index is 0.238. The van der Waals surface area contributed by atoms with E-state index in [0.29, 0.717) is 18.0 Å². The second-order valence-corrected chi connectivity index (χ2v) is 5.11. The first-order chi connectivity index (χ1) is 7.18. The number of piperidine rings is 1. The number of amides is 1. The monoisotopic (exact) mass is 210 g/mol. The molecule has 3 atom stereocenters. The Morgan fingerprint density at radius 1 is 1.27 bits per heavy atom. The molecular weight excluding hydrogens is 188 g/mol. The lowest BCUT2D eigenvalue weighted by Crippen LogP contribution is -2.46. The molecule has 2 saturated heterocycles. The average Bonchev–Trinajstić information content (AvgIpc) is 2.65. The van der Waals surface area contributed by atoms with E-state index in [2.05, 4.69) is 24.1 Å². The lowest BCUT2D eigenvalue weighted by molar-refractivity contribution is -0.136. The Morgan fingerprint density at radius 3 is 2.60 bits per heavy atom. The van der Waals surface area contributed by atoms with E-state index in [1.54, 1.807) is 0 Å². The van der Waals surface area contributed by atoms with Crippen molar-refractivity contribution in [2.24, 2.45) is 5.92 Å². The van der Waals surface area contributed by atoms with Gasteiger partial charge in [-0.25, -0.2) is 0 Å². The molecule has 0 aliphatic carbocycles. The number of carbonyl (C=O) groups is 1. The van der Waals surface area contributed by atoms with Gasteiger partial charge in [0.05, 0.1) is 5.92 Å². The minimum absolute atomic E-state index is 0.238. The third-order valence-electron chi connectivity index (χ3n) is 3.85. The highest BCUT2D eigenvalue weighted by Gasteiger charge is 2.32. The Bertz CT molecular complexity index is 234. The maximum Gasteiger partial charge on any atom is 0.227 e. The van der Waals surface area contributed by atoms with Crippen LogP contribution in [0.15, 0.2) is 0 Å². The molecule has 15 heavy (non-hydrogen) atoms. The van der Waals surface area contributed by atoms with Gasteiger partial charge in [-0.3, -0.25) is 4.79 Å². The molecule has 2 fully saturated rings. The van der Waals surface area contributed by atoms with Gasteiger partial charge in [0.2, 0.25) is 5.91 Å². The zero-order valence-corrected chi connectivity index (χ0v) is 9.83. The van der Waals surface area contributed by atoms with Crippen LogP contribution in [0.2, 0.25) is 0 Å². The molecular formula is C12H22N2O. The summed E-state index contributed by atoms with van der Waals surface area (Å²) in [6.45, 7) is 6.22. The van der Waals surface area contributed by atoms with Crippen molar-refractivity contribution in [3.63, 3.8) is 0 Å². The minimum Gasteiger partial charge on any atom is -0.340 e. The van der Waals surface area contributed by atoms with Gasteiger partial charge in [-0.1, -0.05) is 0 Å². The number of nitrogens with zero attached hydrogens (tertiary/aromatic N) is 1. The summed E-state index contributed by atoms with van der Waals surface area (Å²) in [5.41, 5.74) is 0. The van der Waals surface area contributed by atoms with Gasteiger partial charge in [-0.05, 0) is 39.5 Å². The zero-order chi connectivity index (χ0) is 10.8. The SMILES string of the molecule is CC1CCC(C(=O)N2CCCC2C)CN1. The summed E-state index contributed by atoms with van der Waals surface area (Å²) >= 11 is 0. The highest BCUT2D eigenvalue weighted by molar-refractivity contribution is 5.79. The molecule has 2 heterocycles. The van der Waals surface area contributed by atoms with Crippen LogP contribution in [0.25, 0.3) is 0 Å². The number of rotatable bonds is 1. The highest BCUT2D eigenvalue weighted by Crippen LogP contribution is 2.23. The van der Waals surface area contributed by atoms with Gasteiger partial charge in [-0.15, -0.1) is 0 Å². The van der Waals surface area contributed by atoms with E-state index in [1.807, 2.05) is 0 Å². The molecule has 1 N–H and O–H groups in total. The first-order valence-corrected chi connectivity index (χ1v) is 6.22. The van der Waals surface area contributed by atoms with Crippen molar-refractivity contribution >= 4 is 5.91 Å². The molecule has 1 amide bonds. The number of nitrogens with one attached hydrogen (secondary N) is 1. The third-order valence-corrected chi connectivity index (χ3v) is 3.85. The van der Waals surface area contributed by atoms with Crippen LogP contribution in [0, 0.1) is 5.92 Å². The molecule has 0 aromatic carbocycles. The quantitative estimate of drug-likeness (QED) is 0.709. The lowest BCUT2D eigenvalue weighted by atomic mass is 9.94. The standard InChI is InChI=1S/C12H22N2O/c1-9-5-6-11(8-13-9)12(15)14-7-3-4-10(14)2/h9-11,13H,3-8H2,1-2H3. The summed E-state index contributed by atoms with van der Waals surface area (Å²) in [6, 6.07) is 1.06. The van der Waals surface area contributed by atoms with E-state index in [4.69, 9.17) is 0 Å². The van der Waals surface area contributed by atoms with Gasteiger partial charge in [0.25, 0.3) is 0 Å². The van der Waals surface area contributed by atoms with E-state index in [-0.39, 0.29) is 5.92 Å². The van der Waals surface area contributed by atoms with Gasteiger partial charge in [0, 0.05) is 25.2 Å². The van der Waals surface area contributed by atoms with Crippen LogP contribution in [0.4, 0.5) is 0 Å². The van der Waals surface area contributed by atoms with Gasteiger partial charge < -0.3 is 10.2 Å². The van der Waals surface area contributed by atoms with E-state index in [0.717, 1.165) is 25.9 Å². The molecule has 3 unspecified atom stereocenters. The molecule has 3 heteroatoms. The summed E-state index contributed by atoms with van der Waals surface area (Å²) in [6.07, 6.45) is 4.57. The summed E-state index contributed by atoms with van der Waals surface area (Å²) in [5.74, 6) is 0.626. The van der Waals surface area contributed by atoms with Crippen molar-refractivity contribution in [2.75, 3.05) is 13.1 Å². The van der Waals surface area contributed by atoms with Gasteiger partial charge >= 0.3 is 0 Å². The van der Waals surface area contributed by atoms with Crippen molar-refractivity contribution in [3.8, 4) is 0 Å². The van der Waals surface area contributed by atoms with Crippen LogP contribution < -0.4 is 5.32 Å². The normalized spacial score (nSPS) is 36.9. The number of carbonyl (C=O) groups excluding carboxylic acids is 1. The van der Waals surface area contributed by atoms with Crippen molar-refractivity contribution in [1.29, 1.82) is 0 Å². The van der Waals surface area contributed by atoms with Crippen LogP contribution in [0.5, 0.6) is 0 Å². The predicted octanol–water partition coefficient (Wildman–Crippen LogP) is 1.39. The molecule has 0 saturated carbocycles. The van der Waals surface area contributed by atoms with Crippen LogP contribution in [-0.2, 0) is 4.79 Å². The number of hydrogen-bond donors (Lipinski definition) is 1. The fourth-order valence-corrected chi connectivity index (χ4v) is 2.70. The first kappa shape index (κ1) is 10.9.